The van der Waals surface area contributed by atoms with Crippen molar-refractivity contribution in [2.75, 3.05) is 89.4 Å². The molecular weight excluding hydrogens is 896 g/mol. The zero-order valence-electron chi connectivity index (χ0n) is 30.2. The summed E-state index contributed by atoms with van der Waals surface area (Å²) in [5, 5.41) is 25.9. The van der Waals surface area contributed by atoms with Crippen molar-refractivity contribution in [3.8, 4) is 5.75 Å². The van der Waals surface area contributed by atoms with Gasteiger partial charge in [0.25, 0.3) is 5.69 Å². The minimum atomic E-state index is -4.12. The van der Waals surface area contributed by atoms with Crippen LogP contribution in [0.5, 0.6) is 5.75 Å². The predicted molar refractivity (Wildman–Crippen MR) is 222 cm³/mol. The molecule has 3 aromatic rings. The molecule has 3 aromatic carbocycles. The van der Waals surface area contributed by atoms with Crippen LogP contribution in [0.3, 0.4) is 0 Å². The van der Waals surface area contributed by atoms with Gasteiger partial charge in [0, 0.05) is 45.3 Å². The Balaban J connectivity index is 0.000000312. The molecule has 17 nitrogen and oxygen atoms in total. The van der Waals surface area contributed by atoms with E-state index in [0.717, 1.165) is 51.4 Å². The molecule has 24 heteroatoms. The highest BCUT2D eigenvalue weighted by molar-refractivity contribution is 7.90. The number of halogens is 5. The molecule has 0 aliphatic carbocycles. The molecule has 0 spiro atoms. The molecule has 0 saturated carbocycles. The number of phenols is 1. The summed E-state index contributed by atoms with van der Waals surface area (Å²) >= 11 is 23.8. The normalized spacial score (nSPS) is 15.2. The standard InChI is InChI=1S/C20H24Cl2N4O5S.C13H17Cl2N3O5S.ClH/c21-14-4-1-2-5-16(14)24-20(28)25-17-7-6-15(22)19(18(17)27)32(29,30)23-8-3-9-26-10-12-31-13-11-26;14-10-2-3-11(18(19)20)12(15)13(10)24(21,22)16-4-1-5-17-6-8-23-9-7-17;/h1-2,4-7,23,27H,3,8-13H2,(H2,24,25,28);2-3,16H,1,4-9H2;1H. The number of carbonyl (C=O) groups excluding carboxylic acids is 1. The van der Waals surface area contributed by atoms with E-state index in [9.17, 15) is 36.9 Å². The molecule has 57 heavy (non-hydrogen) atoms. The van der Waals surface area contributed by atoms with E-state index < -0.39 is 57.3 Å². The Morgan fingerprint density at radius 2 is 1.19 bits per heavy atom. The molecule has 5 N–H and O–H groups in total. The Morgan fingerprint density at radius 3 is 1.72 bits per heavy atom. The molecule has 2 fully saturated rings. The molecule has 2 amide bonds. The van der Waals surface area contributed by atoms with Gasteiger partial charge in [0.05, 0.1) is 57.8 Å². The summed E-state index contributed by atoms with van der Waals surface area (Å²) in [5.41, 5.74) is -0.266. The van der Waals surface area contributed by atoms with Crippen LogP contribution in [0.2, 0.25) is 20.1 Å². The first-order valence-corrected chi connectivity index (χ1v) is 21.6. The number of rotatable bonds is 15. The second-order valence-corrected chi connectivity index (χ2v) is 17.2. The lowest BCUT2D eigenvalue weighted by Crippen LogP contribution is -2.38. The van der Waals surface area contributed by atoms with E-state index in [-0.39, 0.29) is 41.2 Å². The summed E-state index contributed by atoms with van der Waals surface area (Å²) in [4.78, 5) is 25.8. The topological polar surface area (TPSA) is 222 Å². The number of hydrogen-bond acceptors (Lipinski definition) is 12. The smallest absolute Gasteiger partial charge is 0.323 e. The first-order valence-electron chi connectivity index (χ1n) is 17.2. The maximum Gasteiger partial charge on any atom is 0.323 e. The fourth-order valence-corrected chi connectivity index (χ4v) is 9.62. The minimum absolute atomic E-state index is 0. The van der Waals surface area contributed by atoms with Crippen molar-refractivity contribution in [2.45, 2.75) is 22.6 Å². The number of anilines is 2. The third-order valence-electron chi connectivity index (χ3n) is 8.31. The van der Waals surface area contributed by atoms with E-state index in [4.69, 9.17) is 55.9 Å². The lowest BCUT2D eigenvalue weighted by molar-refractivity contribution is -0.384. The fourth-order valence-electron chi connectivity index (χ4n) is 5.46. The number of morpholine rings is 2. The van der Waals surface area contributed by atoms with Crippen LogP contribution in [0, 0.1) is 10.1 Å². The second kappa shape index (κ2) is 23.1. The zero-order valence-corrected chi connectivity index (χ0v) is 35.7. The molecule has 316 valence electrons. The fraction of sp³-hybridized carbons (Fsp3) is 0.424. The number of amides is 2. The molecule has 2 saturated heterocycles. The highest BCUT2D eigenvalue weighted by Gasteiger charge is 2.28. The largest absolute Gasteiger partial charge is 0.504 e. The van der Waals surface area contributed by atoms with E-state index in [1.165, 1.54) is 12.1 Å². The maximum atomic E-state index is 12.8. The molecule has 0 radical (unpaired) electrons. The Bertz CT molecular complexity index is 2060. The predicted octanol–water partition coefficient (Wildman–Crippen LogP) is 5.67. The third-order valence-corrected chi connectivity index (χ3v) is 13.1. The Morgan fingerprint density at radius 1 is 0.719 bits per heavy atom. The van der Waals surface area contributed by atoms with Crippen molar-refractivity contribution in [3.63, 3.8) is 0 Å². The summed E-state index contributed by atoms with van der Waals surface area (Å²) in [7, 11) is -8.16. The van der Waals surface area contributed by atoms with Gasteiger partial charge < -0.3 is 25.2 Å². The van der Waals surface area contributed by atoms with Crippen molar-refractivity contribution in [3.05, 3.63) is 78.7 Å². The number of nitro benzene ring substituents is 1. The van der Waals surface area contributed by atoms with Gasteiger partial charge in [-0.3, -0.25) is 19.9 Å². The van der Waals surface area contributed by atoms with Crippen LogP contribution in [0.25, 0.3) is 0 Å². The SMILES string of the molecule is Cl.O=C(Nc1ccccc1Cl)Nc1ccc(Cl)c(S(=O)(=O)NCCCN2CCOCC2)c1O.O=[N+]([O-])c1ccc(Cl)c(S(=O)(=O)NCCCN2CCOCC2)c1Cl. The number of carbonyl (C=O) groups is 1. The zero-order chi connectivity index (χ0) is 40.9. The van der Waals surface area contributed by atoms with Gasteiger partial charge in [0.1, 0.15) is 14.8 Å². The second-order valence-electron chi connectivity index (χ2n) is 12.2. The van der Waals surface area contributed by atoms with Crippen LogP contribution < -0.4 is 20.1 Å². The minimum Gasteiger partial charge on any atom is -0.504 e. The summed E-state index contributed by atoms with van der Waals surface area (Å²) in [6, 6.07) is 10.7. The van der Waals surface area contributed by atoms with Gasteiger partial charge >= 0.3 is 6.03 Å². The number of hydrogen-bond donors (Lipinski definition) is 5. The molecule has 5 rings (SSSR count). The maximum absolute atomic E-state index is 12.8. The van der Waals surface area contributed by atoms with E-state index in [1.54, 1.807) is 24.3 Å². The van der Waals surface area contributed by atoms with E-state index in [1.807, 2.05) is 0 Å². The molecule has 0 unspecified atom stereocenters. The first kappa shape index (κ1) is 48.6. The Kier molecular flexibility index (Phi) is 19.7. The van der Waals surface area contributed by atoms with E-state index >= 15 is 0 Å². The van der Waals surface area contributed by atoms with E-state index in [2.05, 4.69) is 29.9 Å². The van der Waals surface area contributed by atoms with Crippen molar-refractivity contribution in [1.29, 1.82) is 0 Å². The number of phenolic OH excluding ortho intramolecular Hbond substituents is 1. The van der Waals surface area contributed by atoms with Gasteiger partial charge in [-0.15, -0.1) is 12.4 Å². The molecule has 2 aliphatic heterocycles. The number of sulfonamides is 2. The number of urea groups is 1. The first-order chi connectivity index (χ1) is 26.6. The average Bonchev–Trinajstić information content (AvgIpc) is 3.15. The van der Waals surface area contributed by atoms with Crippen LogP contribution >= 0.6 is 58.8 Å². The quantitative estimate of drug-likeness (QED) is 0.0539. The average molecular weight is 938 g/mol. The molecule has 0 aromatic heterocycles. The van der Waals surface area contributed by atoms with Gasteiger partial charge in [-0.25, -0.2) is 31.1 Å². The number of nitro groups is 1. The molecule has 0 bridgehead atoms. The highest BCUT2D eigenvalue weighted by Crippen LogP contribution is 2.38. The van der Waals surface area contributed by atoms with E-state index in [0.29, 0.717) is 50.0 Å². The third kappa shape index (κ3) is 14.5. The van der Waals surface area contributed by atoms with Crippen molar-refractivity contribution < 1.29 is 41.1 Å². The van der Waals surface area contributed by atoms with Crippen molar-refractivity contribution in [1.82, 2.24) is 19.2 Å². The molecule has 2 aliphatic rings. The summed E-state index contributed by atoms with van der Waals surface area (Å²) < 4.78 is 65.6. The molecular formula is C33H42Cl5N7O10S2. The summed E-state index contributed by atoms with van der Waals surface area (Å²) in [6.07, 6.45) is 1.17. The lowest BCUT2D eigenvalue weighted by Gasteiger charge is -2.26. The lowest BCUT2D eigenvalue weighted by atomic mass is 10.3. The summed E-state index contributed by atoms with van der Waals surface area (Å²) in [5.74, 6) is -0.660. The number of aromatic hydroxyl groups is 1. The van der Waals surface area contributed by atoms with Gasteiger partial charge in [-0.1, -0.05) is 58.5 Å². The number of nitrogens with one attached hydrogen (secondary N) is 4. The number of para-hydroxylation sites is 1. The van der Waals surface area contributed by atoms with Crippen molar-refractivity contribution in [2.24, 2.45) is 0 Å². The van der Waals surface area contributed by atoms with Crippen LogP contribution in [-0.4, -0.2) is 121 Å². The van der Waals surface area contributed by atoms with Crippen LogP contribution in [0.1, 0.15) is 12.8 Å². The molecule has 0 atom stereocenters. The monoisotopic (exact) mass is 935 g/mol. The van der Waals surface area contributed by atoms with Crippen molar-refractivity contribution >= 4 is 102 Å². The van der Waals surface area contributed by atoms with Gasteiger partial charge in [0.2, 0.25) is 20.0 Å². The number of ether oxygens (including phenoxy) is 2. The van der Waals surface area contributed by atoms with Gasteiger partial charge in [-0.05, 0) is 56.3 Å². The Labute approximate surface area is 356 Å². The summed E-state index contributed by atoms with van der Waals surface area (Å²) in [6.45, 7) is 7.71. The van der Waals surface area contributed by atoms with Crippen LogP contribution in [0.4, 0.5) is 21.9 Å². The van der Waals surface area contributed by atoms with Gasteiger partial charge in [0.15, 0.2) is 5.75 Å². The molecule has 2 heterocycles. The van der Waals surface area contributed by atoms with Gasteiger partial charge in [-0.2, -0.15) is 0 Å². The highest BCUT2D eigenvalue weighted by atomic mass is 35.5. The van der Waals surface area contributed by atoms with Crippen LogP contribution in [-0.2, 0) is 29.5 Å². The number of benzene rings is 3. The number of nitrogens with zero attached hydrogens (tertiary/aromatic N) is 3. The van der Waals surface area contributed by atoms with Crippen LogP contribution in [0.15, 0.2) is 58.3 Å². The Hall–Kier alpha value is -2.76.